The van der Waals surface area contributed by atoms with Crippen LogP contribution in [0, 0.1) is 10.8 Å². The smallest absolute Gasteiger partial charge is 0.129 e. The number of para-hydroxylation sites is 5. The molecule has 2 saturated heterocycles. The Morgan fingerprint density at radius 2 is 0.414 bits per heavy atom. The molecule has 2 fully saturated rings. The molecule has 0 atom stereocenters. The van der Waals surface area contributed by atoms with Crippen molar-refractivity contribution in [1.82, 2.24) is 0 Å². The largest absolute Gasteiger partial charge is 0.494 e. The van der Waals surface area contributed by atoms with Gasteiger partial charge in [-0.15, -0.1) is 0 Å². The van der Waals surface area contributed by atoms with Gasteiger partial charge in [0.1, 0.15) is 34.5 Å². The van der Waals surface area contributed by atoms with Gasteiger partial charge in [0.15, 0.2) is 0 Å². The van der Waals surface area contributed by atoms with Gasteiger partial charge < -0.3 is 67.1 Å². The molecular weight excluding hydrogens is 1580 g/mol. The van der Waals surface area contributed by atoms with E-state index in [9.17, 15) is 0 Å². The molecule has 0 unspecified atom stereocenters. The van der Waals surface area contributed by atoms with Crippen LogP contribution in [0.25, 0.3) is 22.3 Å². The molecular formula is C114H111N5O9. The van der Waals surface area contributed by atoms with E-state index in [0.29, 0.717) is 57.7 Å². The summed E-state index contributed by atoms with van der Waals surface area (Å²) in [5, 5.41) is 0. The zero-order chi connectivity index (χ0) is 86.8. The highest BCUT2D eigenvalue weighted by molar-refractivity contribution is 5.85. The summed E-state index contributed by atoms with van der Waals surface area (Å²) in [6.45, 7) is 12.7. The van der Waals surface area contributed by atoms with Gasteiger partial charge in [-0.05, 0) is 268 Å². The van der Waals surface area contributed by atoms with Crippen molar-refractivity contribution < 1.29 is 42.6 Å². The lowest BCUT2D eigenvalue weighted by Gasteiger charge is -2.37. The van der Waals surface area contributed by atoms with E-state index in [1.165, 1.54) is 0 Å². The van der Waals surface area contributed by atoms with Gasteiger partial charge in [-0.25, -0.2) is 0 Å². The average molecular weight is 1700 g/mol. The summed E-state index contributed by atoms with van der Waals surface area (Å²) in [7, 11) is 0. The summed E-state index contributed by atoms with van der Waals surface area (Å²) in [6.07, 6.45) is 7.52. The van der Waals surface area contributed by atoms with E-state index in [4.69, 9.17) is 42.6 Å². The Bertz CT molecular complexity index is 5850. The van der Waals surface area contributed by atoms with Crippen LogP contribution >= 0.6 is 0 Å². The van der Waals surface area contributed by atoms with E-state index < -0.39 is 0 Å². The Morgan fingerprint density at radius 1 is 0.203 bits per heavy atom. The fraction of sp³-hybridized carbons (Fsp3) is 0.211. The molecule has 0 N–H and O–H groups in total. The van der Waals surface area contributed by atoms with Gasteiger partial charge in [0, 0.05) is 140 Å². The molecule has 17 rings (SSSR count). The highest BCUT2D eigenvalue weighted by atomic mass is 16.5. The third-order valence-corrected chi connectivity index (χ3v) is 23.1. The van der Waals surface area contributed by atoms with Crippen molar-refractivity contribution in [2.24, 2.45) is 10.8 Å². The van der Waals surface area contributed by atoms with Gasteiger partial charge in [-0.3, -0.25) is 0 Å². The fourth-order valence-corrected chi connectivity index (χ4v) is 16.3. The maximum absolute atomic E-state index is 6.89. The van der Waals surface area contributed by atoms with Crippen molar-refractivity contribution in [3.8, 4) is 56.8 Å². The zero-order valence-corrected chi connectivity index (χ0v) is 73.1. The Labute approximate surface area is 754 Å². The Hall–Kier alpha value is -13.9. The van der Waals surface area contributed by atoms with Crippen molar-refractivity contribution in [2.75, 3.05) is 104 Å². The van der Waals surface area contributed by atoms with Crippen LogP contribution in [0.2, 0.25) is 0 Å². The first-order valence-electron chi connectivity index (χ1n) is 44.9. The van der Waals surface area contributed by atoms with E-state index in [0.717, 1.165) is 215 Å². The maximum Gasteiger partial charge on any atom is 0.129 e. The first-order chi connectivity index (χ1) is 63.1. The minimum atomic E-state index is 0.121. The monoisotopic (exact) mass is 1690 g/mol. The summed E-state index contributed by atoms with van der Waals surface area (Å²) in [5.74, 6) is 4.64. The third-order valence-electron chi connectivity index (χ3n) is 23.1. The number of hydrogen-bond donors (Lipinski definition) is 0. The van der Waals surface area contributed by atoms with E-state index in [1.807, 2.05) is 48.5 Å². The molecule has 2 aliphatic rings. The lowest BCUT2D eigenvalue weighted by atomic mass is 9.90. The second-order valence-corrected chi connectivity index (χ2v) is 33.6. The molecule has 0 saturated carbocycles. The van der Waals surface area contributed by atoms with Gasteiger partial charge in [0.05, 0.1) is 66.1 Å². The number of anilines is 15. The van der Waals surface area contributed by atoms with Crippen molar-refractivity contribution >= 4 is 85.3 Å². The van der Waals surface area contributed by atoms with E-state index in [2.05, 4.69) is 384 Å². The number of rotatable bonds is 44. The molecule has 2 aliphatic heterocycles. The standard InChI is InChI=1S/C114H111N5O9/c1-113(84-122-85-113)82-120-71-22-24-75-126-110-48-28-43-104(79-110)118(99-63-55-90(56-64-99)88-51-59-97(60-52-88)115(92-31-10-5-11-32-92)93-33-12-6-13-34-93)101-67-69-107(70-68-101)128-112-50-30-45-106(81-112)119(105-44-29-49-111(80-105)127-76-25-23-72-121-83-114(2)86-123-87-114)100-65-57-91(58-66-100)89-53-61-98(62-54-89)117(96-39-18-9-19-40-96)103-42-27-47-109(78-103)125-74-21-4-3-20-73-124-108-46-26-41-102(77-108)116(94-35-14-7-15-36-94)95-37-16-8-17-38-95/h5-19,26-70,77-81H,3-4,20-25,71-76,82-87H2,1-2H3. The molecule has 2 heterocycles. The summed E-state index contributed by atoms with van der Waals surface area (Å²) in [4.78, 5) is 11.4. The normalized spacial score (nSPS) is 13.0. The average Bonchev–Trinajstić information content (AvgIpc) is 0.793. The number of benzene rings is 15. The van der Waals surface area contributed by atoms with Crippen LogP contribution in [0.5, 0.6) is 34.5 Å². The predicted octanol–water partition coefficient (Wildman–Crippen LogP) is 29.6. The molecule has 14 nitrogen and oxygen atoms in total. The molecule has 0 radical (unpaired) electrons. The Kier molecular flexibility index (Phi) is 28.9. The highest BCUT2D eigenvalue weighted by Gasteiger charge is 2.35. The van der Waals surface area contributed by atoms with Gasteiger partial charge in [0.25, 0.3) is 0 Å². The summed E-state index contributed by atoms with van der Waals surface area (Å²) in [5.41, 5.74) is 19.9. The van der Waals surface area contributed by atoms with Crippen LogP contribution in [-0.2, 0) is 18.9 Å². The Morgan fingerprint density at radius 3 is 0.680 bits per heavy atom. The lowest BCUT2D eigenvalue weighted by molar-refractivity contribution is -0.138. The molecule has 0 aliphatic carbocycles. The molecule has 0 amide bonds. The van der Waals surface area contributed by atoms with Crippen LogP contribution in [0.4, 0.5) is 85.3 Å². The van der Waals surface area contributed by atoms with Gasteiger partial charge in [-0.2, -0.15) is 0 Å². The van der Waals surface area contributed by atoms with Crippen LogP contribution in [0.15, 0.2) is 394 Å². The van der Waals surface area contributed by atoms with Gasteiger partial charge in [-0.1, -0.05) is 184 Å². The molecule has 14 heteroatoms. The number of unbranched alkanes of at least 4 members (excludes halogenated alkanes) is 5. The highest BCUT2D eigenvalue weighted by Crippen LogP contribution is 2.45. The minimum Gasteiger partial charge on any atom is -0.494 e. The van der Waals surface area contributed by atoms with Crippen molar-refractivity contribution in [3.05, 3.63) is 394 Å². The van der Waals surface area contributed by atoms with E-state index in [-0.39, 0.29) is 10.8 Å². The van der Waals surface area contributed by atoms with Gasteiger partial charge in [0.2, 0.25) is 0 Å². The Balaban J connectivity index is 0.577. The maximum atomic E-state index is 6.89. The fourth-order valence-electron chi connectivity index (χ4n) is 16.3. The summed E-state index contributed by atoms with van der Waals surface area (Å²) < 4.78 is 55.7. The molecule has 0 spiro atoms. The van der Waals surface area contributed by atoms with E-state index in [1.54, 1.807) is 0 Å². The summed E-state index contributed by atoms with van der Waals surface area (Å²) in [6, 6.07) is 138. The zero-order valence-electron chi connectivity index (χ0n) is 73.1. The number of nitrogens with zero attached hydrogens (tertiary/aromatic N) is 5. The predicted molar refractivity (Wildman–Crippen MR) is 522 cm³/mol. The second kappa shape index (κ2) is 42.9. The van der Waals surface area contributed by atoms with Crippen molar-refractivity contribution in [1.29, 1.82) is 0 Å². The quantitative estimate of drug-likeness (QED) is 0.0339. The number of hydrogen-bond acceptors (Lipinski definition) is 14. The molecule has 646 valence electrons. The van der Waals surface area contributed by atoms with Gasteiger partial charge >= 0.3 is 0 Å². The minimum absolute atomic E-state index is 0.121. The first-order valence-corrected chi connectivity index (χ1v) is 44.9. The topological polar surface area (TPSA) is 99.3 Å². The van der Waals surface area contributed by atoms with Crippen LogP contribution in [0.1, 0.15) is 65.2 Å². The molecule has 0 bridgehead atoms. The number of ether oxygens (including phenoxy) is 9. The molecule has 15 aromatic carbocycles. The molecule has 128 heavy (non-hydrogen) atoms. The molecule has 0 aromatic heterocycles. The molecule has 15 aromatic rings. The SMILES string of the molecule is CC1(COCCCCOc2cccc(N(c3ccc(Oc4cccc(N(c5ccc(-c6ccc(N(c7ccccc7)c7cccc(OCCCCCCOc8cccc(N(c9ccccc9)c9ccccc9)c8)c7)cc6)cc5)c5cccc(OCCCCOCC6(C)COC6)c5)c4)cc3)c3ccc(-c4ccc(N(c5ccccc5)c5ccccc5)cc4)cc3)c2)COC1. The van der Waals surface area contributed by atoms with Crippen molar-refractivity contribution in [2.45, 2.75) is 65.2 Å². The van der Waals surface area contributed by atoms with Crippen LogP contribution in [-0.4, -0.2) is 79.3 Å². The lowest BCUT2D eigenvalue weighted by Crippen LogP contribution is -2.43. The first kappa shape index (κ1) is 86.3. The third kappa shape index (κ3) is 22.7. The second-order valence-electron chi connectivity index (χ2n) is 33.6. The van der Waals surface area contributed by atoms with E-state index >= 15 is 0 Å². The van der Waals surface area contributed by atoms with Crippen LogP contribution in [0.3, 0.4) is 0 Å². The van der Waals surface area contributed by atoms with Crippen molar-refractivity contribution in [3.63, 3.8) is 0 Å². The summed E-state index contributed by atoms with van der Waals surface area (Å²) >= 11 is 0. The van der Waals surface area contributed by atoms with Crippen LogP contribution < -0.4 is 48.2 Å².